The maximum atomic E-state index is 12.9. The van der Waals surface area contributed by atoms with E-state index in [1.807, 2.05) is 0 Å². The zero-order valence-corrected chi connectivity index (χ0v) is 17.4. The molecule has 1 atom stereocenters. The second kappa shape index (κ2) is 9.81. The molecule has 158 valence electrons. The number of non-ortho nitro benzene ring substituents is 1. The molecule has 0 bridgehead atoms. The number of halogens is 1. The number of Topliss-reactive ketones (excluding diaryl/α,β-unsaturated/α-hetero) is 1. The van der Waals surface area contributed by atoms with E-state index < -0.39 is 35.2 Å². The predicted octanol–water partition coefficient (Wildman–Crippen LogP) is 3.85. The zero-order chi connectivity index (χ0) is 22.4. The van der Waals surface area contributed by atoms with Gasteiger partial charge in [-0.05, 0) is 40.2 Å². The Labute approximate surface area is 184 Å². The average molecular weight is 487 g/mol. The van der Waals surface area contributed by atoms with Crippen LogP contribution in [0.1, 0.15) is 32.6 Å². The van der Waals surface area contributed by atoms with Gasteiger partial charge in [-0.25, -0.2) is 0 Å². The molecule has 1 N–H and O–H groups in total. The lowest BCUT2D eigenvalue weighted by Crippen LogP contribution is -2.32. The van der Waals surface area contributed by atoms with Crippen LogP contribution < -0.4 is 5.32 Å². The number of rotatable bonds is 8. The molecule has 1 aromatic heterocycles. The molecular weight excluding hydrogens is 472 g/mol. The SMILES string of the molecule is O=C(CNC(=O)c1ccc(Br)o1)O[C@H](C(=O)c1ccccc1)c1ccc([N+](=O)[O-])cc1. The molecule has 31 heavy (non-hydrogen) atoms. The van der Waals surface area contributed by atoms with E-state index in [0.29, 0.717) is 10.2 Å². The second-order valence-corrected chi connectivity index (χ2v) is 7.02. The molecule has 0 fully saturated rings. The molecular formula is C21H15BrN2O7. The first-order valence-electron chi connectivity index (χ1n) is 8.92. The molecule has 0 radical (unpaired) electrons. The van der Waals surface area contributed by atoms with Crippen LogP contribution in [-0.4, -0.2) is 29.1 Å². The third-order valence-electron chi connectivity index (χ3n) is 4.14. The van der Waals surface area contributed by atoms with Crippen molar-refractivity contribution in [3.63, 3.8) is 0 Å². The minimum absolute atomic E-state index is 0.00745. The molecule has 1 heterocycles. The van der Waals surface area contributed by atoms with Crippen molar-refractivity contribution >= 4 is 39.3 Å². The lowest BCUT2D eigenvalue weighted by Gasteiger charge is -2.17. The van der Waals surface area contributed by atoms with Crippen molar-refractivity contribution in [1.29, 1.82) is 0 Å². The van der Waals surface area contributed by atoms with Crippen molar-refractivity contribution in [1.82, 2.24) is 5.32 Å². The number of furan rings is 1. The molecule has 0 spiro atoms. The summed E-state index contributed by atoms with van der Waals surface area (Å²) in [5, 5.41) is 13.2. The van der Waals surface area contributed by atoms with Crippen molar-refractivity contribution in [2.75, 3.05) is 6.54 Å². The number of ketones is 1. The van der Waals surface area contributed by atoms with Crippen LogP contribution in [0.5, 0.6) is 0 Å². The highest BCUT2D eigenvalue weighted by molar-refractivity contribution is 9.10. The summed E-state index contributed by atoms with van der Waals surface area (Å²) in [5.41, 5.74) is 0.384. The Morgan fingerprint density at radius 2 is 1.71 bits per heavy atom. The van der Waals surface area contributed by atoms with Crippen molar-refractivity contribution in [3.8, 4) is 0 Å². The highest BCUT2D eigenvalue weighted by atomic mass is 79.9. The van der Waals surface area contributed by atoms with Crippen LogP contribution in [0, 0.1) is 10.1 Å². The first-order valence-corrected chi connectivity index (χ1v) is 9.71. The maximum Gasteiger partial charge on any atom is 0.326 e. The summed E-state index contributed by atoms with van der Waals surface area (Å²) in [4.78, 5) is 47.6. The molecule has 1 amide bonds. The van der Waals surface area contributed by atoms with Gasteiger partial charge in [0.05, 0.1) is 4.92 Å². The summed E-state index contributed by atoms with van der Waals surface area (Å²) in [7, 11) is 0. The van der Waals surface area contributed by atoms with Gasteiger partial charge in [0, 0.05) is 23.3 Å². The van der Waals surface area contributed by atoms with Crippen LogP contribution in [0.25, 0.3) is 0 Å². The Bertz CT molecular complexity index is 1110. The molecule has 10 heteroatoms. The molecule has 0 unspecified atom stereocenters. The van der Waals surface area contributed by atoms with Crippen molar-refractivity contribution in [3.05, 3.63) is 98.4 Å². The van der Waals surface area contributed by atoms with E-state index in [0.717, 1.165) is 0 Å². The Morgan fingerprint density at radius 1 is 1.03 bits per heavy atom. The van der Waals surface area contributed by atoms with Gasteiger partial charge in [0.25, 0.3) is 11.6 Å². The maximum absolute atomic E-state index is 12.9. The normalized spacial score (nSPS) is 11.4. The van der Waals surface area contributed by atoms with Crippen LogP contribution in [0.15, 0.2) is 75.8 Å². The lowest BCUT2D eigenvalue weighted by atomic mass is 9.99. The minimum atomic E-state index is -1.34. The highest BCUT2D eigenvalue weighted by Crippen LogP contribution is 2.25. The van der Waals surface area contributed by atoms with Gasteiger partial charge in [-0.1, -0.05) is 30.3 Å². The third-order valence-corrected chi connectivity index (χ3v) is 4.57. The largest absolute Gasteiger partial charge is 0.448 e. The minimum Gasteiger partial charge on any atom is -0.448 e. The summed E-state index contributed by atoms with van der Waals surface area (Å²) in [6, 6.07) is 16.2. The zero-order valence-electron chi connectivity index (χ0n) is 15.8. The summed E-state index contributed by atoms with van der Waals surface area (Å²) in [6.45, 7) is -0.511. The van der Waals surface area contributed by atoms with Gasteiger partial charge in [0.15, 0.2) is 16.5 Å². The molecule has 3 rings (SSSR count). The molecule has 3 aromatic rings. The summed E-state index contributed by atoms with van der Waals surface area (Å²) < 4.78 is 10.8. The fourth-order valence-corrected chi connectivity index (χ4v) is 2.95. The fourth-order valence-electron chi connectivity index (χ4n) is 2.65. The molecule has 0 aliphatic heterocycles. The van der Waals surface area contributed by atoms with Crippen molar-refractivity contribution in [2.24, 2.45) is 0 Å². The number of carbonyl (C=O) groups excluding carboxylic acids is 3. The van der Waals surface area contributed by atoms with Crippen LogP contribution in [-0.2, 0) is 9.53 Å². The molecule has 0 aliphatic carbocycles. The summed E-state index contributed by atoms with van der Waals surface area (Å²) in [6.07, 6.45) is -1.34. The molecule has 0 saturated carbocycles. The number of carbonyl (C=O) groups is 3. The second-order valence-electron chi connectivity index (χ2n) is 6.24. The standard InChI is InChI=1S/C21H15BrN2O7/c22-17-11-10-16(30-17)21(27)23-12-18(25)31-20(19(26)13-4-2-1-3-5-13)14-6-8-15(9-7-14)24(28)29/h1-11,20H,12H2,(H,23,27)/t20-/m0/s1. The Balaban J connectivity index is 1.75. The van der Waals surface area contributed by atoms with Crippen LogP contribution in [0.3, 0.4) is 0 Å². The van der Waals surface area contributed by atoms with E-state index in [-0.39, 0.29) is 17.0 Å². The molecule has 2 aromatic carbocycles. The topological polar surface area (TPSA) is 129 Å². The molecule has 0 aliphatic rings. The van der Waals surface area contributed by atoms with Gasteiger partial charge in [-0.3, -0.25) is 24.5 Å². The quantitative estimate of drug-likeness (QED) is 0.221. The van der Waals surface area contributed by atoms with Gasteiger partial charge in [-0.2, -0.15) is 0 Å². The number of esters is 1. The third kappa shape index (κ3) is 5.64. The molecule has 0 saturated heterocycles. The Hall–Kier alpha value is -3.79. The van der Waals surface area contributed by atoms with Gasteiger partial charge in [0.2, 0.25) is 5.78 Å². The summed E-state index contributed by atoms with van der Waals surface area (Å²) in [5.74, 6) is -2.02. The monoisotopic (exact) mass is 486 g/mol. The number of ether oxygens (including phenoxy) is 1. The number of nitrogens with zero attached hydrogens (tertiary/aromatic N) is 1. The van der Waals surface area contributed by atoms with E-state index >= 15 is 0 Å². The van der Waals surface area contributed by atoms with Crippen molar-refractivity contribution < 1.29 is 28.5 Å². The van der Waals surface area contributed by atoms with Crippen LogP contribution in [0.2, 0.25) is 0 Å². The average Bonchev–Trinajstić information content (AvgIpc) is 3.22. The first kappa shape index (κ1) is 21.9. The number of benzene rings is 2. The van der Waals surface area contributed by atoms with Gasteiger partial charge in [-0.15, -0.1) is 0 Å². The number of hydrogen-bond donors (Lipinski definition) is 1. The number of amides is 1. The molecule has 9 nitrogen and oxygen atoms in total. The number of nitro benzene ring substituents is 1. The van der Waals surface area contributed by atoms with Crippen LogP contribution >= 0.6 is 15.9 Å². The van der Waals surface area contributed by atoms with E-state index in [1.165, 1.54) is 36.4 Å². The highest BCUT2D eigenvalue weighted by Gasteiger charge is 2.27. The lowest BCUT2D eigenvalue weighted by molar-refractivity contribution is -0.384. The Morgan fingerprint density at radius 3 is 2.29 bits per heavy atom. The van der Waals surface area contributed by atoms with Gasteiger partial charge in [0.1, 0.15) is 6.54 Å². The van der Waals surface area contributed by atoms with E-state index in [2.05, 4.69) is 21.2 Å². The smallest absolute Gasteiger partial charge is 0.326 e. The number of nitrogens with one attached hydrogen (secondary N) is 1. The van der Waals surface area contributed by atoms with E-state index in [4.69, 9.17) is 9.15 Å². The fraction of sp³-hybridized carbons (Fsp3) is 0.0952. The number of nitro groups is 1. The van der Waals surface area contributed by atoms with Gasteiger partial charge >= 0.3 is 5.97 Å². The first-order chi connectivity index (χ1) is 14.8. The van der Waals surface area contributed by atoms with Gasteiger partial charge < -0.3 is 14.5 Å². The van der Waals surface area contributed by atoms with Crippen molar-refractivity contribution in [2.45, 2.75) is 6.10 Å². The predicted molar refractivity (Wildman–Crippen MR) is 111 cm³/mol. The Kier molecular flexibility index (Phi) is 6.93. The summed E-state index contributed by atoms with van der Waals surface area (Å²) >= 11 is 3.07. The van der Waals surface area contributed by atoms with E-state index in [9.17, 15) is 24.5 Å². The number of hydrogen-bond acceptors (Lipinski definition) is 7. The van der Waals surface area contributed by atoms with Crippen LogP contribution in [0.4, 0.5) is 5.69 Å². The van der Waals surface area contributed by atoms with E-state index in [1.54, 1.807) is 30.3 Å².